The van der Waals surface area contributed by atoms with Crippen molar-refractivity contribution in [2.75, 3.05) is 0 Å². The van der Waals surface area contributed by atoms with E-state index >= 15 is 0 Å². The minimum Gasteiger partial charge on any atom is -0.455 e. The first-order valence-corrected chi connectivity index (χ1v) is 24.5. The lowest BCUT2D eigenvalue weighted by Crippen LogP contribution is -2.44. The number of fused-ring (bicyclic) bond motifs is 19. The molecule has 0 bridgehead atoms. The molecule has 0 saturated carbocycles. The van der Waals surface area contributed by atoms with Gasteiger partial charge in [-0.25, -0.2) is 9.97 Å². The highest BCUT2D eigenvalue weighted by atomic mass is 16.3. The third-order valence-electron chi connectivity index (χ3n) is 16.1. The molecule has 3 heteroatoms. The van der Waals surface area contributed by atoms with E-state index in [0.717, 1.165) is 44.5 Å². The largest absolute Gasteiger partial charge is 0.455 e. The van der Waals surface area contributed by atoms with Gasteiger partial charge in [-0.15, -0.1) is 0 Å². The third kappa shape index (κ3) is 5.13. The number of para-hydroxylation sites is 1. The molecule has 0 aliphatic heterocycles. The van der Waals surface area contributed by atoms with Crippen LogP contribution < -0.4 is 0 Å². The minimum atomic E-state index is -0.691. The molecular formula is C67H44N2O. The standard InChI is InChI=1S/C67H44N2O/c1-41-32-38-56-62(61(41)59-40-58(68-65(69-59)45-20-6-3-7-21-45)44-35-33-43(34-36-44)42-18-4-2-5-19-42)63-57(39-37-49-48-24-10-17-31-60(48)70-64(49)63)67(56)54-29-15-13-27-52(54)66(53-28-14-16-30-55(53)67)50-25-11-8-22-46(50)47-23-9-12-26-51(47)66/h2-41,61H,1H3. The molecule has 328 valence electrons. The molecule has 2 atom stereocenters. The maximum absolute atomic E-state index is 7.20. The third-order valence-corrected chi connectivity index (χ3v) is 16.1. The van der Waals surface area contributed by atoms with E-state index in [1.807, 2.05) is 0 Å². The van der Waals surface area contributed by atoms with E-state index < -0.39 is 10.8 Å². The van der Waals surface area contributed by atoms with Crippen LogP contribution in [0.25, 0.3) is 72.4 Å². The van der Waals surface area contributed by atoms with Crippen molar-refractivity contribution in [3.8, 4) is 44.9 Å². The number of hydrogen-bond donors (Lipinski definition) is 0. The molecule has 2 unspecified atom stereocenters. The summed E-state index contributed by atoms with van der Waals surface area (Å²) in [5.41, 5.74) is 22.3. The molecule has 2 spiro atoms. The second-order valence-corrected chi connectivity index (χ2v) is 19.5. The molecule has 0 fully saturated rings. The molecule has 0 amide bonds. The maximum Gasteiger partial charge on any atom is 0.160 e. The van der Waals surface area contributed by atoms with Gasteiger partial charge in [0.05, 0.1) is 22.2 Å². The van der Waals surface area contributed by atoms with Crippen LogP contribution in [0.1, 0.15) is 63.0 Å². The Morgan fingerprint density at radius 3 is 1.61 bits per heavy atom. The van der Waals surface area contributed by atoms with E-state index in [2.05, 4.69) is 244 Å². The summed E-state index contributed by atoms with van der Waals surface area (Å²) < 4.78 is 7.20. The molecule has 2 aromatic heterocycles. The van der Waals surface area contributed by atoms with E-state index in [1.54, 1.807) is 0 Å². The number of allylic oxidation sites excluding steroid dienone is 4. The Balaban J connectivity index is 1.04. The summed E-state index contributed by atoms with van der Waals surface area (Å²) in [5.74, 6) is 0.656. The highest BCUT2D eigenvalue weighted by Gasteiger charge is 2.60. The van der Waals surface area contributed by atoms with Gasteiger partial charge in [0, 0.05) is 33.4 Å². The second-order valence-electron chi connectivity index (χ2n) is 19.5. The predicted octanol–water partition coefficient (Wildman–Crippen LogP) is 16.1. The zero-order valence-corrected chi connectivity index (χ0v) is 38.5. The van der Waals surface area contributed by atoms with Gasteiger partial charge in [-0.2, -0.15) is 0 Å². The molecule has 2 heterocycles. The molecule has 15 rings (SSSR count). The Morgan fingerprint density at radius 1 is 0.429 bits per heavy atom. The van der Waals surface area contributed by atoms with Gasteiger partial charge in [0.25, 0.3) is 0 Å². The lowest BCUT2D eigenvalue weighted by Gasteiger charge is -2.49. The smallest absolute Gasteiger partial charge is 0.160 e. The molecular weight excluding hydrogens is 849 g/mol. The van der Waals surface area contributed by atoms with Crippen molar-refractivity contribution in [2.24, 2.45) is 5.92 Å². The zero-order valence-electron chi connectivity index (χ0n) is 38.5. The summed E-state index contributed by atoms with van der Waals surface area (Å²) in [6.45, 7) is 2.36. The van der Waals surface area contributed by atoms with Crippen LogP contribution in [-0.2, 0) is 10.8 Å². The first kappa shape index (κ1) is 39.3. The van der Waals surface area contributed by atoms with Crippen molar-refractivity contribution in [2.45, 2.75) is 23.7 Å². The van der Waals surface area contributed by atoms with Gasteiger partial charge in [-0.1, -0.05) is 231 Å². The van der Waals surface area contributed by atoms with Crippen LogP contribution in [0.2, 0.25) is 0 Å². The monoisotopic (exact) mass is 892 g/mol. The number of furan rings is 1. The van der Waals surface area contributed by atoms with Crippen LogP contribution in [-0.4, -0.2) is 9.97 Å². The number of benzene rings is 9. The molecule has 9 aromatic carbocycles. The van der Waals surface area contributed by atoms with Crippen molar-refractivity contribution in [3.05, 3.63) is 292 Å². The first-order valence-electron chi connectivity index (χ1n) is 24.5. The molecule has 0 radical (unpaired) electrons. The second kappa shape index (κ2) is 14.7. The number of rotatable bonds is 4. The van der Waals surface area contributed by atoms with Crippen LogP contribution in [0.15, 0.2) is 247 Å². The predicted molar refractivity (Wildman–Crippen MR) is 284 cm³/mol. The van der Waals surface area contributed by atoms with Crippen LogP contribution in [0, 0.1) is 5.92 Å². The van der Waals surface area contributed by atoms with E-state index in [0.29, 0.717) is 5.82 Å². The first-order chi connectivity index (χ1) is 34.6. The average Bonchev–Trinajstić information content (AvgIpc) is 4.06. The maximum atomic E-state index is 7.20. The topological polar surface area (TPSA) is 38.9 Å². The van der Waals surface area contributed by atoms with Gasteiger partial charge >= 0.3 is 0 Å². The van der Waals surface area contributed by atoms with E-state index in [1.165, 1.54) is 77.9 Å². The summed E-state index contributed by atoms with van der Waals surface area (Å²) >= 11 is 0. The highest BCUT2D eigenvalue weighted by Crippen LogP contribution is 2.69. The number of hydrogen-bond acceptors (Lipinski definition) is 3. The van der Waals surface area contributed by atoms with Crippen molar-refractivity contribution >= 4 is 27.5 Å². The highest BCUT2D eigenvalue weighted by molar-refractivity contribution is 6.12. The normalized spacial score (nSPS) is 17.3. The van der Waals surface area contributed by atoms with Crippen molar-refractivity contribution in [3.63, 3.8) is 0 Å². The lowest BCUT2D eigenvalue weighted by atomic mass is 9.52. The van der Waals surface area contributed by atoms with Crippen LogP contribution in [0.4, 0.5) is 0 Å². The van der Waals surface area contributed by atoms with Crippen LogP contribution >= 0.6 is 0 Å². The zero-order chi connectivity index (χ0) is 46.1. The molecule has 11 aromatic rings. The summed E-state index contributed by atoms with van der Waals surface area (Å²) in [4.78, 5) is 11.0. The van der Waals surface area contributed by atoms with Crippen LogP contribution in [0.3, 0.4) is 0 Å². The molecule has 0 saturated heterocycles. The molecule has 4 aliphatic carbocycles. The Bertz CT molecular complexity index is 3930. The average molecular weight is 893 g/mol. The molecule has 70 heavy (non-hydrogen) atoms. The van der Waals surface area contributed by atoms with Gasteiger partial charge in [-0.3, -0.25) is 0 Å². The fourth-order valence-corrected chi connectivity index (χ4v) is 13.3. The van der Waals surface area contributed by atoms with Gasteiger partial charge in [0.15, 0.2) is 5.82 Å². The van der Waals surface area contributed by atoms with Crippen molar-refractivity contribution in [1.82, 2.24) is 9.97 Å². The Labute approximate surface area is 406 Å². The molecule has 4 aliphatic rings. The Morgan fingerprint density at radius 2 is 0.957 bits per heavy atom. The SMILES string of the molecule is CC1C=CC2=C(c3c(ccc4c3oc3ccccc34)C23c2ccccc2C2(c4ccccc4-c4ccccc42)c2ccccc23)C1c1cc(-c2ccc(-c3ccccc3)cc2)nc(-c2ccccc2)n1. The summed E-state index contributed by atoms with van der Waals surface area (Å²) in [7, 11) is 0. The molecule has 3 nitrogen and oxygen atoms in total. The minimum absolute atomic E-state index is 0.0854. The fourth-order valence-electron chi connectivity index (χ4n) is 13.3. The lowest BCUT2D eigenvalue weighted by molar-refractivity contribution is 0.607. The quantitative estimate of drug-likeness (QED) is 0.177. The van der Waals surface area contributed by atoms with E-state index in [9.17, 15) is 0 Å². The van der Waals surface area contributed by atoms with Gasteiger partial charge in [0.2, 0.25) is 0 Å². The number of aromatic nitrogens is 2. The van der Waals surface area contributed by atoms with Gasteiger partial charge < -0.3 is 4.42 Å². The Kier molecular flexibility index (Phi) is 8.25. The summed E-state index contributed by atoms with van der Waals surface area (Å²) in [6.07, 6.45) is 4.91. The summed E-state index contributed by atoms with van der Waals surface area (Å²) in [5, 5.41) is 2.25. The van der Waals surface area contributed by atoms with E-state index in [-0.39, 0.29) is 11.8 Å². The number of nitrogens with zero attached hydrogens (tertiary/aromatic N) is 2. The fraction of sp³-hybridized carbons (Fsp3) is 0.0746. The van der Waals surface area contributed by atoms with Crippen LogP contribution in [0.5, 0.6) is 0 Å². The van der Waals surface area contributed by atoms with E-state index in [4.69, 9.17) is 14.4 Å². The van der Waals surface area contributed by atoms with Crippen molar-refractivity contribution in [1.29, 1.82) is 0 Å². The van der Waals surface area contributed by atoms with Gasteiger partial charge in [0.1, 0.15) is 11.2 Å². The van der Waals surface area contributed by atoms with Crippen molar-refractivity contribution < 1.29 is 4.42 Å². The molecule has 0 N–H and O–H groups in total. The van der Waals surface area contributed by atoms with Gasteiger partial charge in [-0.05, 0) is 90.4 Å². The Hall–Kier alpha value is -8.66. The summed E-state index contributed by atoms with van der Waals surface area (Å²) in [6, 6.07) is 82.3.